The Kier molecular flexibility index (Phi) is 7.35. The van der Waals surface area contributed by atoms with Crippen LogP contribution in [0.3, 0.4) is 0 Å². The lowest BCUT2D eigenvalue weighted by Crippen LogP contribution is -2.31. The third kappa shape index (κ3) is 6.57. The van der Waals surface area contributed by atoms with E-state index in [1.807, 2.05) is 50.2 Å². The highest BCUT2D eigenvalue weighted by molar-refractivity contribution is 9.10. The van der Waals surface area contributed by atoms with Crippen LogP contribution in [-0.2, 0) is 14.8 Å². The molecule has 6 nitrogen and oxygen atoms in total. The summed E-state index contributed by atoms with van der Waals surface area (Å²) < 4.78 is 34.0. The van der Waals surface area contributed by atoms with E-state index in [4.69, 9.17) is 4.74 Å². The zero-order valence-corrected chi connectivity index (χ0v) is 19.5. The number of ether oxygens (including phenoxy) is 1. The van der Waals surface area contributed by atoms with Crippen molar-refractivity contribution in [2.75, 3.05) is 11.3 Å². The van der Waals surface area contributed by atoms with Gasteiger partial charge in [-0.15, -0.1) is 0 Å². The molecule has 1 atom stereocenters. The van der Waals surface area contributed by atoms with Gasteiger partial charge < -0.3 is 10.1 Å². The molecule has 3 aromatic carbocycles. The largest absolute Gasteiger partial charge is 0.484 e. The van der Waals surface area contributed by atoms with Crippen LogP contribution in [0.1, 0.15) is 24.1 Å². The summed E-state index contributed by atoms with van der Waals surface area (Å²) in [5, 5.41) is 2.87. The van der Waals surface area contributed by atoms with Gasteiger partial charge in [-0.05, 0) is 67.9 Å². The molecule has 0 aliphatic heterocycles. The second kappa shape index (κ2) is 9.98. The quantitative estimate of drug-likeness (QED) is 0.462. The molecule has 162 valence electrons. The number of carbonyl (C=O) groups is 1. The van der Waals surface area contributed by atoms with Crippen LogP contribution in [-0.4, -0.2) is 20.9 Å². The van der Waals surface area contributed by atoms with Crippen LogP contribution in [0.15, 0.2) is 82.2 Å². The smallest absolute Gasteiger partial charge is 0.261 e. The molecule has 0 radical (unpaired) electrons. The number of hydrogen-bond acceptors (Lipinski definition) is 4. The molecule has 3 aromatic rings. The Morgan fingerprint density at radius 2 is 1.58 bits per heavy atom. The van der Waals surface area contributed by atoms with E-state index in [0.717, 1.165) is 15.6 Å². The minimum Gasteiger partial charge on any atom is -0.484 e. The van der Waals surface area contributed by atoms with Crippen molar-refractivity contribution in [2.45, 2.75) is 24.8 Å². The maximum Gasteiger partial charge on any atom is 0.261 e. The minimum absolute atomic E-state index is 0.105. The van der Waals surface area contributed by atoms with Gasteiger partial charge in [0.15, 0.2) is 6.61 Å². The Balaban J connectivity index is 1.54. The van der Waals surface area contributed by atoms with Crippen molar-refractivity contribution in [3.05, 3.63) is 88.4 Å². The van der Waals surface area contributed by atoms with E-state index in [-0.39, 0.29) is 23.5 Å². The monoisotopic (exact) mass is 502 g/mol. The van der Waals surface area contributed by atoms with E-state index in [1.165, 1.54) is 24.3 Å². The molecule has 0 aliphatic rings. The first-order valence-electron chi connectivity index (χ1n) is 9.60. The van der Waals surface area contributed by atoms with Crippen LogP contribution < -0.4 is 14.8 Å². The number of sulfonamides is 1. The Morgan fingerprint density at radius 3 is 2.19 bits per heavy atom. The summed E-state index contributed by atoms with van der Waals surface area (Å²) in [5.74, 6) is 0.133. The summed E-state index contributed by atoms with van der Waals surface area (Å²) in [6.45, 7) is 3.65. The normalized spacial score (nSPS) is 12.1. The van der Waals surface area contributed by atoms with Gasteiger partial charge in [-0.2, -0.15) is 0 Å². The first-order valence-corrected chi connectivity index (χ1v) is 11.9. The first-order chi connectivity index (χ1) is 14.7. The highest BCUT2D eigenvalue weighted by Crippen LogP contribution is 2.20. The molecule has 0 bridgehead atoms. The summed E-state index contributed by atoms with van der Waals surface area (Å²) in [4.78, 5) is 12.3. The van der Waals surface area contributed by atoms with Crippen molar-refractivity contribution < 1.29 is 17.9 Å². The Morgan fingerprint density at radius 1 is 0.968 bits per heavy atom. The van der Waals surface area contributed by atoms with Crippen molar-refractivity contribution in [1.82, 2.24) is 5.32 Å². The third-order valence-corrected chi connectivity index (χ3v) is 6.48. The predicted molar refractivity (Wildman–Crippen MR) is 125 cm³/mol. The van der Waals surface area contributed by atoms with E-state index in [0.29, 0.717) is 11.4 Å². The lowest BCUT2D eigenvalue weighted by Gasteiger charge is -2.15. The minimum atomic E-state index is -3.71. The van der Waals surface area contributed by atoms with Gasteiger partial charge in [0.1, 0.15) is 5.75 Å². The fourth-order valence-electron chi connectivity index (χ4n) is 2.82. The van der Waals surface area contributed by atoms with Gasteiger partial charge in [-0.25, -0.2) is 8.42 Å². The number of aryl methyl sites for hydroxylation is 1. The zero-order valence-electron chi connectivity index (χ0n) is 17.1. The summed E-state index contributed by atoms with van der Waals surface area (Å²) in [6.07, 6.45) is 0. The number of benzene rings is 3. The van der Waals surface area contributed by atoms with E-state index in [9.17, 15) is 13.2 Å². The lowest BCUT2D eigenvalue weighted by atomic mass is 10.1. The van der Waals surface area contributed by atoms with Gasteiger partial charge in [0.05, 0.1) is 10.9 Å². The SMILES string of the molecule is Cc1ccc(NS(=O)(=O)c2ccc(OCC(=O)N[C@@H](C)c3ccc(Br)cc3)cc2)cc1. The standard InChI is InChI=1S/C23H23BrN2O4S/c1-16-3-9-20(10-4-16)26-31(28,29)22-13-11-21(12-14-22)30-15-23(27)25-17(2)18-5-7-19(24)8-6-18/h3-14,17,26H,15H2,1-2H3,(H,25,27)/t17-/m0/s1. The fraction of sp³-hybridized carbons (Fsp3) is 0.174. The van der Waals surface area contributed by atoms with Gasteiger partial charge in [0.2, 0.25) is 0 Å². The number of carbonyl (C=O) groups excluding carboxylic acids is 1. The maximum absolute atomic E-state index is 12.5. The van der Waals surface area contributed by atoms with Crippen LogP contribution >= 0.6 is 15.9 Å². The molecular weight excluding hydrogens is 480 g/mol. The van der Waals surface area contributed by atoms with Crippen molar-refractivity contribution in [3.63, 3.8) is 0 Å². The Bertz CT molecular complexity index is 1130. The summed E-state index contributed by atoms with van der Waals surface area (Å²) in [5.41, 5.74) is 2.51. The number of nitrogens with one attached hydrogen (secondary N) is 2. The molecule has 0 unspecified atom stereocenters. The molecule has 0 aromatic heterocycles. The highest BCUT2D eigenvalue weighted by Gasteiger charge is 2.15. The molecule has 3 rings (SSSR count). The average Bonchev–Trinajstić information content (AvgIpc) is 2.74. The van der Waals surface area contributed by atoms with Gasteiger partial charge >= 0.3 is 0 Å². The lowest BCUT2D eigenvalue weighted by molar-refractivity contribution is -0.123. The highest BCUT2D eigenvalue weighted by atomic mass is 79.9. The van der Waals surface area contributed by atoms with Gasteiger partial charge in [0.25, 0.3) is 15.9 Å². The molecular formula is C23H23BrN2O4S. The topological polar surface area (TPSA) is 84.5 Å². The van der Waals surface area contributed by atoms with Crippen LogP contribution in [0.4, 0.5) is 5.69 Å². The fourth-order valence-corrected chi connectivity index (χ4v) is 4.14. The van der Waals surface area contributed by atoms with Gasteiger partial charge in [0, 0.05) is 10.2 Å². The number of amides is 1. The maximum atomic E-state index is 12.5. The first kappa shape index (κ1) is 22.8. The Hall–Kier alpha value is -2.84. The molecule has 0 spiro atoms. The van der Waals surface area contributed by atoms with Crippen molar-refractivity contribution in [3.8, 4) is 5.75 Å². The number of rotatable bonds is 8. The van der Waals surface area contributed by atoms with E-state index < -0.39 is 10.0 Å². The summed E-state index contributed by atoms with van der Waals surface area (Å²) in [6, 6.07) is 20.5. The number of anilines is 1. The third-order valence-electron chi connectivity index (χ3n) is 4.56. The molecule has 2 N–H and O–H groups in total. The van der Waals surface area contributed by atoms with E-state index >= 15 is 0 Å². The molecule has 31 heavy (non-hydrogen) atoms. The predicted octanol–water partition coefficient (Wildman–Crippen LogP) is 4.81. The zero-order chi connectivity index (χ0) is 22.4. The van der Waals surface area contributed by atoms with Crippen LogP contribution in [0.25, 0.3) is 0 Å². The molecule has 0 aliphatic carbocycles. The molecule has 0 heterocycles. The molecule has 8 heteroatoms. The molecule has 0 fully saturated rings. The van der Waals surface area contributed by atoms with Crippen LogP contribution in [0.2, 0.25) is 0 Å². The van der Waals surface area contributed by atoms with Crippen molar-refractivity contribution in [2.24, 2.45) is 0 Å². The van der Waals surface area contributed by atoms with Gasteiger partial charge in [-0.1, -0.05) is 45.8 Å². The number of hydrogen-bond donors (Lipinski definition) is 2. The van der Waals surface area contributed by atoms with E-state index in [1.54, 1.807) is 12.1 Å². The molecule has 0 saturated heterocycles. The van der Waals surface area contributed by atoms with Crippen molar-refractivity contribution >= 4 is 37.5 Å². The second-order valence-corrected chi connectivity index (χ2v) is 9.67. The van der Waals surface area contributed by atoms with Gasteiger partial charge in [-0.3, -0.25) is 9.52 Å². The number of halogens is 1. The average molecular weight is 503 g/mol. The van der Waals surface area contributed by atoms with E-state index in [2.05, 4.69) is 26.0 Å². The molecule has 1 amide bonds. The van der Waals surface area contributed by atoms with Crippen LogP contribution in [0.5, 0.6) is 5.75 Å². The Labute approximate surface area is 190 Å². The summed E-state index contributed by atoms with van der Waals surface area (Å²) in [7, 11) is -3.71. The van der Waals surface area contributed by atoms with Crippen LogP contribution in [0, 0.1) is 6.92 Å². The second-order valence-electron chi connectivity index (χ2n) is 7.07. The van der Waals surface area contributed by atoms with Crippen molar-refractivity contribution in [1.29, 1.82) is 0 Å². The molecule has 0 saturated carbocycles. The summed E-state index contributed by atoms with van der Waals surface area (Å²) >= 11 is 3.38.